The molecule has 1 aliphatic heterocycles. The second kappa shape index (κ2) is 3.81. The van der Waals surface area contributed by atoms with E-state index >= 15 is 0 Å². The third-order valence-corrected chi connectivity index (χ3v) is 4.48. The fraction of sp³-hybridized carbons (Fsp3) is 0.500. The van der Waals surface area contributed by atoms with Crippen molar-refractivity contribution in [1.29, 1.82) is 0 Å². The number of furan rings is 1. The number of Topliss-reactive ketones (excluding diaryl/α,β-unsaturated/α-hetero) is 1. The van der Waals surface area contributed by atoms with Crippen LogP contribution in [0.3, 0.4) is 0 Å². The first-order valence-electron chi connectivity index (χ1n) is 4.83. The summed E-state index contributed by atoms with van der Waals surface area (Å²) in [6.07, 6.45) is 3.75. The Hall–Kier alpha value is -1.10. The summed E-state index contributed by atoms with van der Waals surface area (Å²) in [4.78, 5) is 11.6. The molecular weight excluding hydrogens is 216 g/mol. The maximum absolute atomic E-state index is 11.6. The molecule has 0 saturated carbocycles. The van der Waals surface area contributed by atoms with Gasteiger partial charge in [-0.3, -0.25) is 4.79 Å². The Bertz CT molecular complexity index is 444. The van der Waals surface area contributed by atoms with Gasteiger partial charge in [0.1, 0.15) is 6.26 Å². The summed E-state index contributed by atoms with van der Waals surface area (Å²) < 4.78 is 27.2. The highest BCUT2D eigenvalue weighted by molar-refractivity contribution is 7.91. The van der Waals surface area contributed by atoms with Crippen LogP contribution in [0.4, 0.5) is 0 Å². The number of rotatable bonds is 3. The number of carbonyl (C=O) groups is 1. The molecule has 0 bridgehead atoms. The van der Waals surface area contributed by atoms with Gasteiger partial charge in [-0.05, 0) is 18.4 Å². The van der Waals surface area contributed by atoms with E-state index in [2.05, 4.69) is 0 Å². The molecule has 2 rings (SSSR count). The zero-order valence-electron chi connectivity index (χ0n) is 8.18. The number of hydrogen-bond donors (Lipinski definition) is 0. The van der Waals surface area contributed by atoms with Gasteiger partial charge in [-0.2, -0.15) is 0 Å². The summed E-state index contributed by atoms with van der Waals surface area (Å²) in [5.41, 5.74) is 0.527. The first-order valence-corrected chi connectivity index (χ1v) is 6.65. The van der Waals surface area contributed by atoms with Crippen LogP contribution >= 0.6 is 0 Å². The predicted molar refractivity (Wildman–Crippen MR) is 54.4 cm³/mol. The molecule has 1 unspecified atom stereocenters. The Morgan fingerprint density at radius 1 is 1.53 bits per heavy atom. The Morgan fingerprint density at radius 3 is 2.87 bits per heavy atom. The summed E-state index contributed by atoms with van der Waals surface area (Å²) in [6, 6.07) is 1.60. The Balaban J connectivity index is 1.97. The summed E-state index contributed by atoms with van der Waals surface area (Å²) >= 11 is 0. The van der Waals surface area contributed by atoms with Gasteiger partial charge in [0.25, 0.3) is 0 Å². The number of carbonyl (C=O) groups excluding carboxylic acids is 1. The molecule has 1 fully saturated rings. The van der Waals surface area contributed by atoms with E-state index in [1.54, 1.807) is 6.07 Å². The van der Waals surface area contributed by atoms with Gasteiger partial charge in [0.05, 0.1) is 23.3 Å². The second-order valence-corrected chi connectivity index (χ2v) is 6.14. The molecule has 0 amide bonds. The molecule has 4 nitrogen and oxygen atoms in total. The van der Waals surface area contributed by atoms with Crippen molar-refractivity contribution < 1.29 is 17.6 Å². The first kappa shape index (κ1) is 10.4. The van der Waals surface area contributed by atoms with Crippen LogP contribution in [-0.4, -0.2) is 25.7 Å². The maximum Gasteiger partial charge on any atom is 0.166 e. The van der Waals surface area contributed by atoms with Crippen LogP contribution in [0.2, 0.25) is 0 Å². The largest absolute Gasteiger partial charge is 0.472 e. The van der Waals surface area contributed by atoms with Crippen molar-refractivity contribution >= 4 is 15.6 Å². The van der Waals surface area contributed by atoms with E-state index in [1.165, 1.54) is 12.5 Å². The van der Waals surface area contributed by atoms with Crippen molar-refractivity contribution in [2.24, 2.45) is 5.92 Å². The summed E-state index contributed by atoms with van der Waals surface area (Å²) in [5, 5.41) is 0. The van der Waals surface area contributed by atoms with Gasteiger partial charge in [-0.1, -0.05) is 0 Å². The first-order chi connectivity index (χ1) is 7.07. The molecule has 2 heterocycles. The van der Waals surface area contributed by atoms with Crippen LogP contribution in [0.5, 0.6) is 0 Å². The van der Waals surface area contributed by atoms with Gasteiger partial charge in [0, 0.05) is 6.42 Å². The summed E-state index contributed by atoms with van der Waals surface area (Å²) in [7, 11) is -2.89. The lowest BCUT2D eigenvalue weighted by molar-refractivity contribution is 0.0965. The van der Waals surface area contributed by atoms with E-state index in [-0.39, 0.29) is 23.2 Å². The minimum atomic E-state index is -2.89. The zero-order valence-corrected chi connectivity index (χ0v) is 9.00. The van der Waals surface area contributed by atoms with Crippen LogP contribution in [0.25, 0.3) is 0 Å². The van der Waals surface area contributed by atoms with Crippen LogP contribution in [-0.2, 0) is 9.84 Å². The van der Waals surface area contributed by atoms with E-state index < -0.39 is 9.84 Å². The quantitative estimate of drug-likeness (QED) is 0.731. The highest BCUT2D eigenvalue weighted by Gasteiger charge is 2.29. The van der Waals surface area contributed by atoms with Crippen LogP contribution in [0, 0.1) is 5.92 Å². The minimum Gasteiger partial charge on any atom is -0.472 e. The van der Waals surface area contributed by atoms with Crippen molar-refractivity contribution in [2.75, 3.05) is 11.5 Å². The lowest BCUT2D eigenvalue weighted by Crippen LogP contribution is -2.10. The third kappa shape index (κ3) is 2.47. The van der Waals surface area contributed by atoms with Crippen molar-refractivity contribution in [1.82, 2.24) is 0 Å². The zero-order chi connectivity index (χ0) is 10.9. The van der Waals surface area contributed by atoms with Crippen molar-refractivity contribution in [3.8, 4) is 0 Å². The van der Waals surface area contributed by atoms with Crippen molar-refractivity contribution in [3.05, 3.63) is 24.2 Å². The van der Waals surface area contributed by atoms with Gasteiger partial charge >= 0.3 is 0 Å². The molecule has 1 saturated heterocycles. The summed E-state index contributed by atoms with van der Waals surface area (Å²) in [6.45, 7) is 0. The van der Waals surface area contributed by atoms with E-state index in [4.69, 9.17) is 4.42 Å². The third-order valence-electron chi connectivity index (χ3n) is 2.64. The molecular formula is C10H12O4S. The molecule has 82 valence electrons. The average molecular weight is 228 g/mol. The molecule has 0 spiro atoms. The van der Waals surface area contributed by atoms with Crippen LogP contribution in [0.15, 0.2) is 23.0 Å². The molecule has 1 aromatic heterocycles. The van der Waals surface area contributed by atoms with Gasteiger partial charge in [0.2, 0.25) is 0 Å². The lowest BCUT2D eigenvalue weighted by Gasteiger charge is -2.04. The molecule has 5 heteroatoms. The molecule has 0 N–H and O–H groups in total. The molecule has 0 aliphatic carbocycles. The molecule has 1 aliphatic rings. The van der Waals surface area contributed by atoms with Gasteiger partial charge in [-0.15, -0.1) is 0 Å². The van der Waals surface area contributed by atoms with Crippen LogP contribution in [0.1, 0.15) is 23.2 Å². The van der Waals surface area contributed by atoms with Gasteiger partial charge in [-0.25, -0.2) is 8.42 Å². The van der Waals surface area contributed by atoms with E-state index in [1.807, 2.05) is 0 Å². The Labute approximate surface area is 88.2 Å². The fourth-order valence-electron chi connectivity index (χ4n) is 1.84. The van der Waals surface area contributed by atoms with Crippen molar-refractivity contribution in [3.63, 3.8) is 0 Å². The number of hydrogen-bond acceptors (Lipinski definition) is 4. The Kier molecular flexibility index (Phi) is 2.65. The fourth-order valence-corrected chi connectivity index (χ4v) is 3.70. The van der Waals surface area contributed by atoms with Gasteiger partial charge in [0.15, 0.2) is 15.6 Å². The molecule has 1 aromatic rings. The monoisotopic (exact) mass is 228 g/mol. The highest BCUT2D eigenvalue weighted by atomic mass is 32.2. The Morgan fingerprint density at radius 2 is 2.33 bits per heavy atom. The molecule has 15 heavy (non-hydrogen) atoms. The molecule has 1 atom stereocenters. The second-order valence-electron chi connectivity index (χ2n) is 3.91. The SMILES string of the molecule is O=C(CC1CCS(=O)(=O)C1)c1ccoc1. The average Bonchev–Trinajstić information content (AvgIpc) is 2.74. The number of ketones is 1. The van der Waals surface area contributed by atoms with Gasteiger partial charge < -0.3 is 4.42 Å². The van der Waals surface area contributed by atoms with E-state index in [0.717, 1.165) is 0 Å². The lowest BCUT2D eigenvalue weighted by atomic mass is 9.99. The van der Waals surface area contributed by atoms with E-state index in [9.17, 15) is 13.2 Å². The summed E-state index contributed by atoms with van der Waals surface area (Å²) in [5.74, 6) is 0.315. The highest BCUT2D eigenvalue weighted by Crippen LogP contribution is 2.23. The molecule has 0 aromatic carbocycles. The maximum atomic E-state index is 11.6. The normalized spacial score (nSPS) is 24.1. The smallest absolute Gasteiger partial charge is 0.166 e. The standard InChI is InChI=1S/C10H12O4S/c11-10(9-1-3-14-6-9)5-8-2-4-15(12,13)7-8/h1,3,6,8H,2,4-5,7H2. The minimum absolute atomic E-state index is 0.0163. The van der Waals surface area contributed by atoms with Crippen LogP contribution < -0.4 is 0 Å². The van der Waals surface area contributed by atoms with Crippen molar-refractivity contribution in [2.45, 2.75) is 12.8 Å². The number of sulfone groups is 1. The van der Waals surface area contributed by atoms with E-state index in [0.29, 0.717) is 18.4 Å². The molecule has 0 radical (unpaired) electrons. The predicted octanol–water partition coefficient (Wildman–Crippen LogP) is 1.29. The topological polar surface area (TPSA) is 64.3 Å².